The Hall–Kier alpha value is -3.32. The van der Waals surface area contributed by atoms with E-state index in [0.717, 1.165) is 47.5 Å². The number of aromatic amines is 1. The minimum atomic E-state index is -0.246. The van der Waals surface area contributed by atoms with E-state index in [1.165, 1.54) is 12.1 Å². The molecule has 0 aliphatic heterocycles. The van der Waals surface area contributed by atoms with Crippen LogP contribution < -0.4 is 0 Å². The number of nitrogens with zero attached hydrogens (tertiary/aromatic N) is 4. The van der Waals surface area contributed by atoms with E-state index in [4.69, 9.17) is 4.52 Å². The van der Waals surface area contributed by atoms with Gasteiger partial charge in [0.05, 0.1) is 12.2 Å². The van der Waals surface area contributed by atoms with E-state index in [2.05, 4.69) is 25.2 Å². The number of aromatic nitrogens is 4. The molecule has 30 heavy (non-hydrogen) atoms. The van der Waals surface area contributed by atoms with Gasteiger partial charge in [0.15, 0.2) is 0 Å². The van der Waals surface area contributed by atoms with Gasteiger partial charge in [-0.25, -0.2) is 4.39 Å². The minimum Gasteiger partial charge on any atom is -0.338 e. The first-order valence-electron chi connectivity index (χ1n) is 9.96. The Kier molecular flexibility index (Phi) is 5.99. The second-order valence-electron chi connectivity index (χ2n) is 7.45. The molecule has 6 nitrogen and oxygen atoms in total. The van der Waals surface area contributed by atoms with Gasteiger partial charge in [-0.3, -0.25) is 10.00 Å². The van der Waals surface area contributed by atoms with Gasteiger partial charge in [0.25, 0.3) is 0 Å². The Morgan fingerprint density at radius 2 is 1.90 bits per heavy atom. The monoisotopic (exact) mass is 405 g/mol. The first-order chi connectivity index (χ1) is 14.6. The van der Waals surface area contributed by atoms with E-state index in [-0.39, 0.29) is 5.82 Å². The molecule has 2 aromatic heterocycles. The van der Waals surface area contributed by atoms with Crippen LogP contribution in [0.2, 0.25) is 0 Å². The van der Waals surface area contributed by atoms with E-state index in [0.29, 0.717) is 18.3 Å². The molecule has 0 saturated heterocycles. The van der Waals surface area contributed by atoms with Crippen LogP contribution in [-0.4, -0.2) is 38.8 Å². The fourth-order valence-corrected chi connectivity index (χ4v) is 3.36. The maximum atomic E-state index is 13.1. The minimum absolute atomic E-state index is 0.246. The summed E-state index contributed by atoms with van der Waals surface area (Å²) in [4.78, 5) is 6.69. The van der Waals surface area contributed by atoms with Crippen LogP contribution in [0.25, 0.3) is 22.6 Å². The molecule has 0 spiro atoms. The van der Waals surface area contributed by atoms with Crippen LogP contribution in [0.3, 0.4) is 0 Å². The van der Waals surface area contributed by atoms with Gasteiger partial charge in [0.2, 0.25) is 11.7 Å². The predicted octanol–water partition coefficient (Wildman–Crippen LogP) is 4.64. The molecule has 4 rings (SSSR count). The van der Waals surface area contributed by atoms with Crippen LogP contribution in [0, 0.1) is 12.7 Å². The number of halogens is 1. The van der Waals surface area contributed by atoms with Crippen LogP contribution in [0.1, 0.15) is 23.6 Å². The highest BCUT2D eigenvalue weighted by Gasteiger charge is 2.12. The highest BCUT2D eigenvalue weighted by molar-refractivity contribution is 5.59. The molecule has 0 aliphatic carbocycles. The molecular weight excluding hydrogens is 381 g/mol. The Morgan fingerprint density at radius 1 is 1.10 bits per heavy atom. The van der Waals surface area contributed by atoms with Crippen LogP contribution in [0.4, 0.5) is 4.39 Å². The molecule has 154 valence electrons. The first-order valence-corrected chi connectivity index (χ1v) is 9.96. The van der Waals surface area contributed by atoms with Crippen LogP contribution >= 0.6 is 0 Å². The lowest BCUT2D eigenvalue weighted by molar-refractivity contribution is 0.264. The van der Waals surface area contributed by atoms with Crippen molar-refractivity contribution in [1.29, 1.82) is 0 Å². The fourth-order valence-electron chi connectivity index (χ4n) is 3.36. The van der Waals surface area contributed by atoms with Crippen molar-refractivity contribution in [2.24, 2.45) is 0 Å². The molecule has 0 saturated carbocycles. The van der Waals surface area contributed by atoms with Crippen molar-refractivity contribution in [2.75, 3.05) is 13.6 Å². The Balaban J connectivity index is 1.27. The Labute approximate surface area is 174 Å². The quantitative estimate of drug-likeness (QED) is 0.462. The number of hydrogen-bond acceptors (Lipinski definition) is 5. The van der Waals surface area contributed by atoms with E-state index in [1.54, 1.807) is 12.1 Å². The number of H-pyrrole nitrogens is 1. The summed E-state index contributed by atoms with van der Waals surface area (Å²) < 4.78 is 18.5. The lowest BCUT2D eigenvalue weighted by atomic mass is 10.1. The molecule has 4 aromatic rings. The Morgan fingerprint density at radius 3 is 2.70 bits per heavy atom. The van der Waals surface area contributed by atoms with Gasteiger partial charge in [-0.2, -0.15) is 10.1 Å². The fraction of sp³-hybridized carbons (Fsp3) is 0.261. The van der Waals surface area contributed by atoms with Crippen molar-refractivity contribution in [3.63, 3.8) is 0 Å². The van der Waals surface area contributed by atoms with Gasteiger partial charge in [-0.15, -0.1) is 0 Å². The maximum absolute atomic E-state index is 13.1. The van der Waals surface area contributed by atoms with Crippen LogP contribution in [0.5, 0.6) is 0 Å². The smallest absolute Gasteiger partial charge is 0.241 e. The van der Waals surface area contributed by atoms with Crippen molar-refractivity contribution in [3.8, 4) is 22.6 Å². The highest BCUT2D eigenvalue weighted by Crippen LogP contribution is 2.21. The van der Waals surface area contributed by atoms with E-state index in [1.807, 2.05) is 44.3 Å². The third kappa shape index (κ3) is 4.80. The molecule has 0 amide bonds. The molecule has 0 radical (unpaired) electrons. The third-order valence-electron chi connectivity index (χ3n) is 5.02. The number of hydrogen-bond donors (Lipinski definition) is 1. The highest BCUT2D eigenvalue weighted by atomic mass is 19.1. The molecule has 0 fully saturated rings. The number of rotatable bonds is 8. The van der Waals surface area contributed by atoms with Gasteiger partial charge >= 0.3 is 0 Å². The van der Waals surface area contributed by atoms with Gasteiger partial charge < -0.3 is 4.52 Å². The predicted molar refractivity (Wildman–Crippen MR) is 113 cm³/mol. The lowest BCUT2D eigenvalue weighted by Gasteiger charge is -2.13. The zero-order valence-electron chi connectivity index (χ0n) is 17.1. The summed E-state index contributed by atoms with van der Waals surface area (Å²) in [5.41, 5.74) is 4.90. The normalized spacial score (nSPS) is 11.3. The van der Waals surface area contributed by atoms with E-state index < -0.39 is 0 Å². The standard InChI is InChI=1S/C23H24FN5O/c1-16-6-3-4-8-20(16)23-25-22(30-28-23)15-29(2)13-5-7-19-14-21(27-26-19)17-9-11-18(24)12-10-17/h3-4,6,8-12,14H,5,7,13,15H2,1-2H3,(H,26,27). The topological polar surface area (TPSA) is 70.8 Å². The number of benzene rings is 2. The number of nitrogens with one attached hydrogen (secondary N) is 1. The molecule has 0 unspecified atom stereocenters. The van der Waals surface area contributed by atoms with Crippen molar-refractivity contribution in [1.82, 2.24) is 25.2 Å². The lowest BCUT2D eigenvalue weighted by Crippen LogP contribution is -2.19. The molecule has 0 bridgehead atoms. The molecule has 7 heteroatoms. The van der Waals surface area contributed by atoms with Crippen molar-refractivity contribution < 1.29 is 8.91 Å². The van der Waals surface area contributed by atoms with Crippen molar-refractivity contribution in [3.05, 3.63) is 77.6 Å². The van der Waals surface area contributed by atoms with Crippen LogP contribution in [-0.2, 0) is 13.0 Å². The summed E-state index contributed by atoms with van der Waals surface area (Å²) in [6.07, 6.45) is 1.83. The summed E-state index contributed by atoms with van der Waals surface area (Å²) in [5.74, 6) is 0.989. The summed E-state index contributed by atoms with van der Waals surface area (Å²) in [7, 11) is 2.04. The molecule has 2 heterocycles. The average Bonchev–Trinajstić information content (AvgIpc) is 3.39. The van der Waals surface area contributed by atoms with Crippen molar-refractivity contribution >= 4 is 0 Å². The Bertz CT molecular complexity index is 1100. The molecule has 0 atom stereocenters. The average molecular weight is 405 g/mol. The SMILES string of the molecule is Cc1ccccc1-c1noc(CN(C)CCCc2cc(-c3ccc(F)cc3)n[nH]2)n1. The van der Waals surface area contributed by atoms with E-state index >= 15 is 0 Å². The summed E-state index contributed by atoms with van der Waals surface area (Å²) in [6, 6.07) is 16.4. The largest absolute Gasteiger partial charge is 0.338 e. The second kappa shape index (κ2) is 9.00. The van der Waals surface area contributed by atoms with Gasteiger partial charge in [0, 0.05) is 16.8 Å². The van der Waals surface area contributed by atoms with Gasteiger partial charge in [-0.1, -0.05) is 29.4 Å². The van der Waals surface area contributed by atoms with Gasteiger partial charge in [0.1, 0.15) is 5.82 Å². The molecular formula is C23H24FN5O. The van der Waals surface area contributed by atoms with Gasteiger partial charge in [-0.05, 0) is 69.3 Å². The third-order valence-corrected chi connectivity index (χ3v) is 5.02. The second-order valence-corrected chi connectivity index (χ2v) is 7.45. The summed E-state index contributed by atoms with van der Waals surface area (Å²) >= 11 is 0. The summed E-state index contributed by atoms with van der Waals surface area (Å²) in [5, 5.41) is 11.5. The molecule has 0 aliphatic rings. The molecule has 2 aromatic carbocycles. The summed E-state index contributed by atoms with van der Waals surface area (Å²) in [6.45, 7) is 3.52. The zero-order valence-corrected chi connectivity index (χ0v) is 17.1. The number of aryl methyl sites for hydroxylation is 2. The van der Waals surface area contributed by atoms with E-state index in [9.17, 15) is 4.39 Å². The molecule has 1 N–H and O–H groups in total. The first kappa shape index (κ1) is 20.0. The zero-order chi connectivity index (χ0) is 20.9. The van der Waals surface area contributed by atoms with Crippen LogP contribution in [0.15, 0.2) is 59.1 Å². The maximum Gasteiger partial charge on any atom is 0.241 e. The van der Waals surface area contributed by atoms with Crippen molar-refractivity contribution in [2.45, 2.75) is 26.3 Å².